The van der Waals surface area contributed by atoms with Gasteiger partial charge in [0, 0.05) is 6.44 Å². The van der Waals surface area contributed by atoms with Crippen molar-refractivity contribution in [1.82, 2.24) is 4.72 Å². The Bertz CT molecular complexity index is 341. The van der Waals surface area contributed by atoms with E-state index in [4.69, 9.17) is 20.9 Å². The highest BCUT2D eigenvalue weighted by atomic mass is 35.5. The van der Waals surface area contributed by atoms with E-state index < -0.39 is 33.6 Å². The van der Waals surface area contributed by atoms with Gasteiger partial charge in [-0.3, -0.25) is 0 Å². The van der Waals surface area contributed by atoms with Crippen LogP contribution in [0.15, 0.2) is 0 Å². The molecule has 1 fully saturated rings. The van der Waals surface area contributed by atoms with Gasteiger partial charge in [-0.15, -0.1) is 11.6 Å². The molecule has 1 aliphatic heterocycles. The maximum Gasteiger partial charge on any atom is 0.473 e. The number of hydrogen-bond acceptors (Lipinski definition) is 4. The minimum Gasteiger partial charge on any atom is -0.402 e. The highest BCUT2D eigenvalue weighted by molar-refractivity contribution is 7.90. The third-order valence-electron chi connectivity index (χ3n) is 2.92. The Kier molecular flexibility index (Phi) is 3.97. The van der Waals surface area contributed by atoms with Crippen LogP contribution in [0.4, 0.5) is 0 Å². The number of halogens is 1. The summed E-state index contributed by atoms with van der Waals surface area (Å²) in [5.74, 6) is 0. The topological polar surface area (TPSA) is 64.6 Å². The number of alkyl halides is 1. The van der Waals surface area contributed by atoms with Gasteiger partial charge in [-0.1, -0.05) is 0 Å². The van der Waals surface area contributed by atoms with Gasteiger partial charge in [-0.25, -0.2) is 13.1 Å². The monoisotopic (exact) mass is 269 g/mol. The summed E-state index contributed by atoms with van der Waals surface area (Å²) in [7, 11) is -4.01. The smallest absolute Gasteiger partial charge is 0.402 e. The van der Waals surface area contributed by atoms with Crippen molar-refractivity contribution in [3.63, 3.8) is 0 Å². The first-order valence-corrected chi connectivity index (χ1v) is 7.17. The molecule has 1 rings (SSSR count). The first kappa shape index (κ1) is 14.2. The molecule has 1 aliphatic rings. The Morgan fingerprint density at radius 1 is 1.19 bits per heavy atom. The summed E-state index contributed by atoms with van der Waals surface area (Å²) >= 11 is 5.26. The average molecular weight is 270 g/mol. The maximum atomic E-state index is 11.1. The van der Waals surface area contributed by atoms with Crippen LogP contribution in [0.2, 0.25) is 0 Å². The molecule has 8 heteroatoms. The van der Waals surface area contributed by atoms with E-state index in [1.807, 2.05) is 27.7 Å². The second-order valence-electron chi connectivity index (χ2n) is 4.76. The minimum absolute atomic E-state index is 0.0713. The predicted octanol–water partition coefficient (Wildman–Crippen LogP) is 0.733. The predicted molar refractivity (Wildman–Crippen MR) is 63.7 cm³/mol. The Hall–Kier alpha value is 0.185. The van der Waals surface area contributed by atoms with E-state index in [9.17, 15) is 8.42 Å². The quantitative estimate of drug-likeness (QED) is 0.604. The summed E-state index contributed by atoms with van der Waals surface area (Å²) < 4.78 is 35.8. The molecule has 0 aliphatic carbocycles. The SMILES string of the molecule is CC1(C)OB(CNS(=O)(=O)CCl)OC1(C)C. The van der Waals surface area contributed by atoms with Crippen LogP contribution >= 0.6 is 11.6 Å². The average Bonchev–Trinajstić information content (AvgIpc) is 2.33. The van der Waals surface area contributed by atoms with E-state index in [1.165, 1.54) is 0 Å². The van der Waals surface area contributed by atoms with Gasteiger partial charge in [0.1, 0.15) is 5.21 Å². The van der Waals surface area contributed by atoms with Crippen molar-refractivity contribution in [2.45, 2.75) is 38.9 Å². The van der Waals surface area contributed by atoms with Crippen LogP contribution in [0.25, 0.3) is 0 Å². The van der Waals surface area contributed by atoms with Crippen molar-refractivity contribution in [1.29, 1.82) is 0 Å². The zero-order valence-corrected chi connectivity index (χ0v) is 11.5. The first-order valence-electron chi connectivity index (χ1n) is 4.98. The van der Waals surface area contributed by atoms with Crippen LogP contribution in [0.3, 0.4) is 0 Å². The second-order valence-corrected chi connectivity index (χ2v) is 7.15. The normalized spacial score (nSPS) is 23.7. The van der Waals surface area contributed by atoms with E-state index in [-0.39, 0.29) is 6.44 Å². The summed E-state index contributed by atoms with van der Waals surface area (Å²) in [6.07, 6.45) is 0.0713. The number of nitrogens with one attached hydrogen (secondary N) is 1. The van der Waals surface area contributed by atoms with Crippen LogP contribution < -0.4 is 4.72 Å². The Morgan fingerprint density at radius 3 is 2.00 bits per heavy atom. The molecule has 1 heterocycles. The van der Waals surface area contributed by atoms with E-state index >= 15 is 0 Å². The molecule has 0 amide bonds. The van der Waals surface area contributed by atoms with E-state index in [1.54, 1.807) is 0 Å². The lowest BCUT2D eigenvalue weighted by atomic mass is 9.90. The van der Waals surface area contributed by atoms with Gasteiger partial charge >= 0.3 is 7.12 Å². The van der Waals surface area contributed by atoms with Crippen molar-refractivity contribution in [3.8, 4) is 0 Å². The van der Waals surface area contributed by atoms with E-state index in [0.717, 1.165) is 0 Å². The molecule has 0 saturated carbocycles. The molecule has 0 radical (unpaired) electrons. The molecule has 0 bridgehead atoms. The Balaban J connectivity index is 2.56. The van der Waals surface area contributed by atoms with Crippen LogP contribution in [-0.2, 0) is 19.3 Å². The Morgan fingerprint density at radius 2 is 1.62 bits per heavy atom. The van der Waals surface area contributed by atoms with E-state index in [2.05, 4.69) is 4.72 Å². The highest BCUT2D eigenvalue weighted by Crippen LogP contribution is 2.36. The van der Waals surface area contributed by atoms with E-state index in [0.29, 0.717) is 0 Å². The fourth-order valence-electron chi connectivity index (χ4n) is 1.28. The highest BCUT2D eigenvalue weighted by Gasteiger charge is 2.50. The van der Waals surface area contributed by atoms with Gasteiger partial charge in [0.05, 0.1) is 11.2 Å². The van der Waals surface area contributed by atoms with Crippen LogP contribution in [0, 0.1) is 0 Å². The lowest BCUT2D eigenvalue weighted by Crippen LogP contribution is -2.41. The fourth-order valence-corrected chi connectivity index (χ4v) is 1.98. The van der Waals surface area contributed by atoms with Crippen LogP contribution in [-0.4, -0.2) is 38.4 Å². The molecule has 0 unspecified atom stereocenters. The van der Waals surface area contributed by atoms with Gasteiger partial charge in [0.15, 0.2) is 0 Å². The largest absolute Gasteiger partial charge is 0.473 e. The summed E-state index contributed by atoms with van der Waals surface area (Å²) in [6.45, 7) is 7.62. The van der Waals surface area contributed by atoms with Crippen molar-refractivity contribution in [2.24, 2.45) is 0 Å². The summed E-state index contributed by atoms with van der Waals surface area (Å²) in [5, 5.41) is -0.466. The maximum absolute atomic E-state index is 11.1. The zero-order chi connectivity index (χ0) is 12.6. The van der Waals surface area contributed by atoms with Crippen LogP contribution in [0.5, 0.6) is 0 Å². The standard InChI is InChI=1S/C8H17BClNO4S/c1-7(2)8(3,4)15-9(14-7)5-11-16(12,13)6-10/h11H,5-6H2,1-4H3. The molecule has 1 saturated heterocycles. The lowest BCUT2D eigenvalue weighted by Gasteiger charge is -2.32. The van der Waals surface area contributed by atoms with Crippen molar-refractivity contribution in [3.05, 3.63) is 0 Å². The van der Waals surface area contributed by atoms with Gasteiger partial charge in [0.2, 0.25) is 10.0 Å². The molecular formula is C8H17BClNO4S. The van der Waals surface area contributed by atoms with Gasteiger partial charge in [-0.2, -0.15) is 0 Å². The van der Waals surface area contributed by atoms with Gasteiger partial charge < -0.3 is 9.31 Å². The molecule has 0 atom stereocenters. The van der Waals surface area contributed by atoms with Crippen molar-refractivity contribution >= 4 is 28.7 Å². The first-order chi connectivity index (χ1) is 7.10. The van der Waals surface area contributed by atoms with Gasteiger partial charge in [-0.05, 0) is 27.7 Å². The van der Waals surface area contributed by atoms with Gasteiger partial charge in [0.25, 0.3) is 0 Å². The molecule has 0 aromatic rings. The van der Waals surface area contributed by atoms with Crippen molar-refractivity contribution in [2.75, 3.05) is 11.7 Å². The molecule has 5 nitrogen and oxygen atoms in total. The number of hydrogen-bond donors (Lipinski definition) is 1. The molecule has 0 aromatic heterocycles. The molecular weight excluding hydrogens is 252 g/mol. The number of rotatable bonds is 4. The zero-order valence-electron chi connectivity index (χ0n) is 9.91. The molecule has 94 valence electrons. The second kappa shape index (κ2) is 4.46. The third-order valence-corrected chi connectivity index (χ3v) is 4.67. The molecule has 1 N–H and O–H groups in total. The third kappa shape index (κ3) is 3.10. The van der Waals surface area contributed by atoms with Crippen LogP contribution in [0.1, 0.15) is 27.7 Å². The molecule has 0 aromatic carbocycles. The minimum atomic E-state index is -3.43. The Labute approximate surface area is 102 Å². The lowest BCUT2D eigenvalue weighted by molar-refractivity contribution is 0.00578. The summed E-state index contributed by atoms with van der Waals surface area (Å²) in [5.41, 5.74) is -0.909. The molecule has 16 heavy (non-hydrogen) atoms. The molecule has 0 spiro atoms. The fraction of sp³-hybridized carbons (Fsp3) is 1.00. The van der Waals surface area contributed by atoms with Crippen molar-refractivity contribution < 1.29 is 17.7 Å². The summed E-state index contributed by atoms with van der Waals surface area (Å²) in [4.78, 5) is 0. The summed E-state index contributed by atoms with van der Waals surface area (Å²) in [6, 6.07) is 0. The number of sulfonamides is 1.